The first-order chi connectivity index (χ1) is 14.0. The second-order valence-electron chi connectivity index (χ2n) is 6.04. The minimum atomic E-state index is -0.392. The number of benzene rings is 1. The van der Waals surface area contributed by atoms with Crippen LogP contribution in [0.2, 0.25) is 0 Å². The molecule has 152 valence electrons. The highest BCUT2D eigenvalue weighted by Crippen LogP contribution is 2.29. The summed E-state index contributed by atoms with van der Waals surface area (Å²) in [4.78, 5) is 35.7. The molecule has 2 heterocycles. The van der Waals surface area contributed by atoms with Crippen molar-refractivity contribution in [1.82, 2.24) is 19.9 Å². The predicted molar refractivity (Wildman–Crippen MR) is 119 cm³/mol. The number of aromatic amines is 1. The van der Waals surface area contributed by atoms with Gasteiger partial charge in [-0.1, -0.05) is 10.8 Å². The number of H-pyrrole nitrogens is 1. The first kappa shape index (κ1) is 20.8. The fourth-order valence-electron chi connectivity index (χ4n) is 2.65. The monoisotopic (exact) mass is 431 g/mol. The van der Waals surface area contributed by atoms with E-state index in [0.717, 1.165) is 10.4 Å². The van der Waals surface area contributed by atoms with E-state index >= 15 is 0 Å². The molecule has 0 saturated heterocycles. The molecule has 0 radical (unpaired) electrons. The lowest BCUT2D eigenvalue weighted by Gasteiger charge is -2.07. The van der Waals surface area contributed by atoms with Gasteiger partial charge >= 0.3 is 5.69 Å². The number of nitrogens with zero attached hydrogens (tertiary/aromatic N) is 3. The molecule has 6 N–H and O–H groups in total. The van der Waals surface area contributed by atoms with E-state index in [-0.39, 0.29) is 11.9 Å². The highest BCUT2D eigenvalue weighted by Gasteiger charge is 2.09. The summed E-state index contributed by atoms with van der Waals surface area (Å²) in [5.41, 5.74) is 11.8. The Hall–Kier alpha value is -2.92. The summed E-state index contributed by atoms with van der Waals surface area (Å²) < 4.78 is 1.46. The van der Waals surface area contributed by atoms with Crippen molar-refractivity contribution in [2.24, 2.45) is 16.5 Å². The van der Waals surface area contributed by atoms with Crippen molar-refractivity contribution in [2.45, 2.75) is 11.4 Å². The standard InChI is InChI=1S/C18H21N7O2S2/c1-28-29-14-9-12-10-25(18(27)24-15(12)23-14)13-5-3-11(4-6-13)16(26)21-7-2-8-22-17(19)20/h3-6,9-10H,2,7-8H2,1H3,(H,21,26)(H4,19,20,22)(H,23,24,27). The number of hydrogen-bond acceptors (Lipinski definition) is 6. The van der Waals surface area contributed by atoms with Gasteiger partial charge in [0.15, 0.2) is 5.96 Å². The molecule has 0 atom stereocenters. The third-order valence-corrected chi connectivity index (χ3v) is 5.58. The molecule has 0 saturated carbocycles. The van der Waals surface area contributed by atoms with Crippen LogP contribution in [0.5, 0.6) is 0 Å². The maximum absolute atomic E-state index is 12.4. The number of carbonyl (C=O) groups is 1. The van der Waals surface area contributed by atoms with E-state index in [2.05, 4.69) is 20.3 Å². The van der Waals surface area contributed by atoms with Crippen molar-refractivity contribution < 1.29 is 4.79 Å². The van der Waals surface area contributed by atoms with Gasteiger partial charge in [-0.15, -0.1) is 0 Å². The van der Waals surface area contributed by atoms with Crippen LogP contribution in [-0.4, -0.2) is 45.7 Å². The lowest BCUT2D eigenvalue weighted by Crippen LogP contribution is -2.26. The van der Waals surface area contributed by atoms with Gasteiger partial charge in [-0.25, -0.2) is 4.79 Å². The first-order valence-electron chi connectivity index (χ1n) is 8.75. The molecule has 0 spiro atoms. The van der Waals surface area contributed by atoms with E-state index in [0.29, 0.717) is 36.4 Å². The number of aliphatic imine (C=N–C) groups is 1. The van der Waals surface area contributed by atoms with E-state index in [1.54, 1.807) is 52.1 Å². The Morgan fingerprint density at radius 2 is 2.07 bits per heavy atom. The Kier molecular flexibility index (Phi) is 6.83. The van der Waals surface area contributed by atoms with E-state index in [4.69, 9.17) is 11.5 Å². The minimum Gasteiger partial charge on any atom is -0.370 e. The number of nitrogens with one attached hydrogen (secondary N) is 2. The fraction of sp³-hybridized carbons (Fsp3) is 0.222. The summed E-state index contributed by atoms with van der Waals surface area (Å²) in [7, 11) is 3.18. The van der Waals surface area contributed by atoms with Crippen LogP contribution in [0.3, 0.4) is 0 Å². The Bertz CT molecular complexity index is 1090. The van der Waals surface area contributed by atoms with Gasteiger partial charge in [-0.3, -0.25) is 14.4 Å². The Labute approximate surface area is 174 Å². The van der Waals surface area contributed by atoms with Crippen molar-refractivity contribution >= 4 is 44.5 Å². The van der Waals surface area contributed by atoms with Crippen LogP contribution in [0.4, 0.5) is 0 Å². The van der Waals surface area contributed by atoms with Crippen molar-refractivity contribution in [3.05, 3.63) is 52.6 Å². The molecule has 0 aliphatic carbocycles. The molecular weight excluding hydrogens is 410 g/mol. The largest absolute Gasteiger partial charge is 0.370 e. The van der Waals surface area contributed by atoms with Gasteiger partial charge in [0.2, 0.25) is 0 Å². The van der Waals surface area contributed by atoms with Gasteiger partial charge in [0.1, 0.15) is 5.65 Å². The summed E-state index contributed by atoms with van der Waals surface area (Å²) >= 11 is 0. The second-order valence-corrected chi connectivity index (χ2v) is 8.48. The maximum atomic E-state index is 12.4. The summed E-state index contributed by atoms with van der Waals surface area (Å²) in [6.07, 6.45) is 4.35. The van der Waals surface area contributed by atoms with Gasteiger partial charge in [0, 0.05) is 30.2 Å². The average Bonchev–Trinajstić information content (AvgIpc) is 3.08. The van der Waals surface area contributed by atoms with Crippen LogP contribution in [0.15, 0.2) is 51.3 Å². The SMILES string of the molecule is CSSc1cc2cn(-c3ccc(C(=O)NCCCN=C(N)N)cc3)c(=O)nc2[nH]1. The zero-order valence-corrected chi connectivity index (χ0v) is 17.3. The molecule has 11 heteroatoms. The van der Waals surface area contributed by atoms with Crippen LogP contribution in [0, 0.1) is 0 Å². The topological polar surface area (TPSA) is 144 Å². The number of guanidine groups is 1. The zero-order chi connectivity index (χ0) is 20.8. The molecule has 29 heavy (non-hydrogen) atoms. The van der Waals surface area contributed by atoms with Gasteiger partial charge in [0.25, 0.3) is 5.91 Å². The molecule has 3 rings (SSSR count). The lowest BCUT2D eigenvalue weighted by atomic mass is 10.2. The van der Waals surface area contributed by atoms with E-state index in [9.17, 15) is 9.59 Å². The van der Waals surface area contributed by atoms with Crippen molar-refractivity contribution in [3.8, 4) is 5.69 Å². The lowest BCUT2D eigenvalue weighted by molar-refractivity contribution is 0.0953. The van der Waals surface area contributed by atoms with Gasteiger partial charge in [-0.2, -0.15) is 4.98 Å². The quantitative estimate of drug-likeness (QED) is 0.183. The zero-order valence-electron chi connectivity index (χ0n) is 15.7. The highest BCUT2D eigenvalue weighted by atomic mass is 33.1. The van der Waals surface area contributed by atoms with Crippen molar-refractivity contribution in [1.29, 1.82) is 0 Å². The van der Waals surface area contributed by atoms with Crippen LogP contribution in [-0.2, 0) is 0 Å². The molecule has 3 aromatic rings. The van der Waals surface area contributed by atoms with Crippen LogP contribution in [0.25, 0.3) is 16.7 Å². The smallest absolute Gasteiger partial charge is 0.354 e. The second kappa shape index (κ2) is 9.52. The third kappa shape index (κ3) is 5.33. The molecular formula is C18H21N7O2S2. The van der Waals surface area contributed by atoms with E-state index < -0.39 is 5.69 Å². The number of fused-ring (bicyclic) bond motifs is 1. The van der Waals surface area contributed by atoms with Gasteiger partial charge in [0.05, 0.1) is 10.7 Å². The number of rotatable bonds is 8. The van der Waals surface area contributed by atoms with E-state index in [1.165, 1.54) is 4.57 Å². The van der Waals surface area contributed by atoms with E-state index in [1.807, 2.05) is 12.3 Å². The summed E-state index contributed by atoms with van der Waals surface area (Å²) in [5.74, 6) is -0.166. The number of carbonyl (C=O) groups excluding carboxylic acids is 1. The molecule has 0 unspecified atom stereocenters. The summed E-state index contributed by atoms with van der Waals surface area (Å²) in [5, 5.41) is 4.57. The number of aromatic nitrogens is 3. The normalized spacial score (nSPS) is 10.8. The molecule has 1 amide bonds. The molecule has 0 aliphatic heterocycles. The maximum Gasteiger partial charge on any atom is 0.354 e. The van der Waals surface area contributed by atoms with Gasteiger partial charge in [-0.05, 0) is 53.8 Å². The van der Waals surface area contributed by atoms with Crippen molar-refractivity contribution in [2.75, 3.05) is 19.3 Å². The molecule has 2 aromatic heterocycles. The number of nitrogens with two attached hydrogens (primary N) is 2. The molecule has 0 bridgehead atoms. The number of amides is 1. The Morgan fingerprint density at radius 1 is 1.31 bits per heavy atom. The Balaban J connectivity index is 1.71. The third-order valence-electron chi connectivity index (χ3n) is 3.98. The highest BCUT2D eigenvalue weighted by molar-refractivity contribution is 8.76. The van der Waals surface area contributed by atoms with Crippen molar-refractivity contribution in [3.63, 3.8) is 0 Å². The number of hydrogen-bond donors (Lipinski definition) is 4. The molecule has 9 nitrogen and oxygen atoms in total. The Morgan fingerprint density at radius 3 is 2.76 bits per heavy atom. The predicted octanol–water partition coefficient (Wildman–Crippen LogP) is 1.48. The molecule has 0 fully saturated rings. The van der Waals surface area contributed by atoms with Crippen LogP contribution < -0.4 is 22.5 Å². The van der Waals surface area contributed by atoms with Gasteiger partial charge < -0.3 is 21.8 Å². The van der Waals surface area contributed by atoms with Crippen LogP contribution >= 0.6 is 21.6 Å². The molecule has 0 aliphatic rings. The average molecular weight is 432 g/mol. The van der Waals surface area contributed by atoms with Crippen LogP contribution in [0.1, 0.15) is 16.8 Å². The fourth-order valence-corrected chi connectivity index (χ4v) is 3.95. The summed E-state index contributed by atoms with van der Waals surface area (Å²) in [6, 6.07) is 8.72. The summed E-state index contributed by atoms with van der Waals surface area (Å²) in [6.45, 7) is 0.914. The first-order valence-corrected chi connectivity index (χ1v) is 11.3. The minimum absolute atomic E-state index is 0.0358. The molecule has 1 aromatic carbocycles.